The normalized spacial score (nSPS) is 14.6. The number of aryl methyl sites for hydroxylation is 1. The van der Waals surface area contributed by atoms with E-state index in [4.69, 9.17) is 23.2 Å². The molecular weight excluding hydrogens is 345 g/mol. The van der Waals surface area contributed by atoms with Crippen molar-refractivity contribution >= 4 is 40.6 Å². The van der Waals surface area contributed by atoms with Gasteiger partial charge in [-0.15, -0.1) is 0 Å². The van der Waals surface area contributed by atoms with Crippen LogP contribution in [0.3, 0.4) is 0 Å². The molecule has 2 amide bonds. The zero-order valence-corrected chi connectivity index (χ0v) is 14.9. The first-order valence-corrected chi connectivity index (χ1v) is 8.61. The molecule has 1 heterocycles. The maximum Gasteiger partial charge on any atom is 0.322 e. The SMILES string of the molecule is Cc1cccc(N2CCN(C(=O)Nc3cc(Cl)ccc3Cl)CC2)c1. The Bertz CT molecular complexity index is 743. The molecule has 1 saturated heterocycles. The number of piperazine rings is 1. The van der Waals surface area contributed by atoms with Gasteiger partial charge in [0.05, 0.1) is 10.7 Å². The zero-order chi connectivity index (χ0) is 17.1. The maximum atomic E-state index is 12.4. The summed E-state index contributed by atoms with van der Waals surface area (Å²) in [6.45, 7) is 5.03. The lowest BCUT2D eigenvalue weighted by molar-refractivity contribution is 0.208. The molecule has 2 aromatic rings. The van der Waals surface area contributed by atoms with Crippen LogP contribution in [-0.2, 0) is 0 Å². The van der Waals surface area contributed by atoms with Crippen LogP contribution in [0.4, 0.5) is 16.2 Å². The average molecular weight is 364 g/mol. The van der Waals surface area contributed by atoms with E-state index in [0.29, 0.717) is 28.8 Å². The summed E-state index contributed by atoms with van der Waals surface area (Å²) in [5, 5.41) is 3.86. The Morgan fingerprint density at radius 2 is 1.79 bits per heavy atom. The Balaban J connectivity index is 1.60. The van der Waals surface area contributed by atoms with E-state index in [1.807, 2.05) is 0 Å². The van der Waals surface area contributed by atoms with Crippen molar-refractivity contribution < 1.29 is 4.79 Å². The van der Waals surface area contributed by atoms with Gasteiger partial charge < -0.3 is 15.1 Å². The molecule has 24 heavy (non-hydrogen) atoms. The predicted octanol–water partition coefficient (Wildman–Crippen LogP) is 4.66. The first kappa shape index (κ1) is 16.9. The molecule has 1 N–H and O–H groups in total. The van der Waals surface area contributed by atoms with Crippen LogP contribution in [0.1, 0.15) is 5.56 Å². The topological polar surface area (TPSA) is 35.6 Å². The van der Waals surface area contributed by atoms with Crippen LogP contribution in [0.15, 0.2) is 42.5 Å². The number of hydrogen-bond acceptors (Lipinski definition) is 2. The highest BCUT2D eigenvalue weighted by Crippen LogP contribution is 2.26. The third-order valence-electron chi connectivity index (χ3n) is 4.10. The van der Waals surface area contributed by atoms with E-state index in [1.54, 1.807) is 23.1 Å². The largest absolute Gasteiger partial charge is 0.368 e. The number of anilines is 2. The fraction of sp³-hybridized carbons (Fsp3) is 0.278. The van der Waals surface area contributed by atoms with Crippen LogP contribution in [-0.4, -0.2) is 37.1 Å². The fourth-order valence-corrected chi connectivity index (χ4v) is 3.12. The molecule has 0 bridgehead atoms. The van der Waals surface area contributed by atoms with Crippen LogP contribution in [0.25, 0.3) is 0 Å². The molecule has 0 saturated carbocycles. The van der Waals surface area contributed by atoms with Gasteiger partial charge in [-0.2, -0.15) is 0 Å². The van der Waals surface area contributed by atoms with E-state index in [-0.39, 0.29) is 6.03 Å². The molecule has 4 nitrogen and oxygen atoms in total. The summed E-state index contributed by atoms with van der Waals surface area (Å²) >= 11 is 12.1. The van der Waals surface area contributed by atoms with Gasteiger partial charge in [-0.25, -0.2) is 4.79 Å². The molecule has 0 spiro atoms. The van der Waals surface area contributed by atoms with Crippen molar-refractivity contribution in [2.24, 2.45) is 0 Å². The van der Waals surface area contributed by atoms with Crippen molar-refractivity contribution in [3.8, 4) is 0 Å². The van der Waals surface area contributed by atoms with E-state index >= 15 is 0 Å². The Labute approximate surface area is 152 Å². The molecule has 6 heteroatoms. The van der Waals surface area contributed by atoms with Crippen molar-refractivity contribution in [3.05, 3.63) is 58.1 Å². The number of nitrogens with one attached hydrogen (secondary N) is 1. The molecular formula is C18H19Cl2N3O. The van der Waals surface area contributed by atoms with E-state index < -0.39 is 0 Å². The molecule has 0 aliphatic carbocycles. The van der Waals surface area contributed by atoms with Crippen molar-refractivity contribution in [2.75, 3.05) is 36.4 Å². The Morgan fingerprint density at radius 1 is 1.04 bits per heavy atom. The third-order valence-corrected chi connectivity index (χ3v) is 4.67. The number of halogens is 2. The predicted molar refractivity (Wildman–Crippen MR) is 100 cm³/mol. The highest BCUT2D eigenvalue weighted by Gasteiger charge is 2.22. The highest BCUT2D eigenvalue weighted by atomic mass is 35.5. The van der Waals surface area contributed by atoms with Crippen molar-refractivity contribution in [1.82, 2.24) is 4.90 Å². The van der Waals surface area contributed by atoms with Crippen molar-refractivity contribution in [2.45, 2.75) is 6.92 Å². The minimum atomic E-state index is -0.150. The summed E-state index contributed by atoms with van der Waals surface area (Å²) in [5.74, 6) is 0. The van der Waals surface area contributed by atoms with Gasteiger partial charge >= 0.3 is 6.03 Å². The average Bonchev–Trinajstić information content (AvgIpc) is 2.58. The number of amides is 2. The summed E-state index contributed by atoms with van der Waals surface area (Å²) in [5.41, 5.74) is 2.98. The number of hydrogen-bond donors (Lipinski definition) is 1. The van der Waals surface area contributed by atoms with E-state index in [2.05, 4.69) is 41.4 Å². The molecule has 3 rings (SSSR count). The molecule has 0 radical (unpaired) electrons. The lowest BCUT2D eigenvalue weighted by Crippen LogP contribution is -2.50. The number of carbonyl (C=O) groups is 1. The van der Waals surface area contributed by atoms with Gasteiger partial charge in [0, 0.05) is 36.9 Å². The number of rotatable bonds is 2. The van der Waals surface area contributed by atoms with Crippen LogP contribution < -0.4 is 10.2 Å². The molecule has 1 aliphatic heterocycles. The first-order chi connectivity index (χ1) is 11.5. The molecule has 0 unspecified atom stereocenters. The van der Waals surface area contributed by atoms with Gasteiger partial charge in [0.2, 0.25) is 0 Å². The number of nitrogens with zero attached hydrogens (tertiary/aromatic N) is 2. The highest BCUT2D eigenvalue weighted by molar-refractivity contribution is 6.35. The smallest absolute Gasteiger partial charge is 0.322 e. The van der Waals surface area contributed by atoms with Gasteiger partial charge in [-0.1, -0.05) is 35.3 Å². The van der Waals surface area contributed by atoms with Crippen LogP contribution in [0.2, 0.25) is 10.0 Å². The summed E-state index contributed by atoms with van der Waals surface area (Å²) in [4.78, 5) is 16.5. The second-order valence-electron chi connectivity index (χ2n) is 5.87. The minimum Gasteiger partial charge on any atom is -0.368 e. The lowest BCUT2D eigenvalue weighted by atomic mass is 10.2. The van der Waals surface area contributed by atoms with Crippen molar-refractivity contribution in [3.63, 3.8) is 0 Å². The second-order valence-corrected chi connectivity index (χ2v) is 6.71. The van der Waals surface area contributed by atoms with Crippen molar-refractivity contribution in [1.29, 1.82) is 0 Å². The van der Waals surface area contributed by atoms with Crippen LogP contribution in [0.5, 0.6) is 0 Å². The maximum absolute atomic E-state index is 12.4. The number of urea groups is 1. The summed E-state index contributed by atoms with van der Waals surface area (Å²) in [7, 11) is 0. The number of carbonyl (C=O) groups excluding carboxylic acids is 1. The first-order valence-electron chi connectivity index (χ1n) is 7.85. The van der Waals surface area contributed by atoms with Gasteiger partial charge in [0.1, 0.15) is 0 Å². The molecule has 0 aromatic heterocycles. The van der Waals surface area contributed by atoms with Gasteiger partial charge in [0.25, 0.3) is 0 Å². The monoisotopic (exact) mass is 363 g/mol. The van der Waals surface area contributed by atoms with E-state index in [0.717, 1.165) is 13.1 Å². The Hall–Kier alpha value is -1.91. The quantitative estimate of drug-likeness (QED) is 0.842. The summed E-state index contributed by atoms with van der Waals surface area (Å²) < 4.78 is 0. The molecule has 1 aliphatic rings. The molecule has 0 atom stereocenters. The molecule has 126 valence electrons. The van der Waals surface area contributed by atoms with Gasteiger partial charge in [0.15, 0.2) is 0 Å². The fourth-order valence-electron chi connectivity index (χ4n) is 2.78. The molecule has 1 fully saturated rings. The van der Waals surface area contributed by atoms with Crippen LogP contribution >= 0.6 is 23.2 Å². The zero-order valence-electron chi connectivity index (χ0n) is 13.4. The van der Waals surface area contributed by atoms with E-state index in [1.165, 1.54) is 11.3 Å². The van der Waals surface area contributed by atoms with Gasteiger partial charge in [-0.05, 0) is 42.8 Å². The third kappa shape index (κ3) is 3.94. The molecule has 2 aromatic carbocycles. The lowest BCUT2D eigenvalue weighted by Gasteiger charge is -2.36. The standard InChI is InChI=1S/C18H19Cl2N3O/c1-13-3-2-4-15(11-13)22-7-9-23(10-8-22)18(24)21-17-12-14(19)5-6-16(17)20/h2-6,11-12H,7-10H2,1H3,(H,21,24). The Morgan fingerprint density at radius 3 is 2.50 bits per heavy atom. The van der Waals surface area contributed by atoms with Gasteiger partial charge in [-0.3, -0.25) is 0 Å². The minimum absolute atomic E-state index is 0.150. The van der Waals surface area contributed by atoms with Crippen LogP contribution in [0, 0.1) is 6.92 Å². The summed E-state index contributed by atoms with van der Waals surface area (Å²) in [6, 6.07) is 13.3. The van der Waals surface area contributed by atoms with E-state index in [9.17, 15) is 4.79 Å². The second kappa shape index (κ2) is 7.32. The number of benzene rings is 2. The Kier molecular flexibility index (Phi) is 5.17. The summed E-state index contributed by atoms with van der Waals surface area (Å²) in [6.07, 6.45) is 0.